The Kier molecular flexibility index (Phi) is 11.9. The molecule has 2 heterocycles. The lowest BCUT2D eigenvalue weighted by molar-refractivity contribution is -0.144. The van der Waals surface area contributed by atoms with E-state index in [-0.39, 0.29) is 13.2 Å². The number of aromatic nitrogens is 2. The van der Waals surface area contributed by atoms with Gasteiger partial charge in [0.1, 0.15) is 5.70 Å². The van der Waals surface area contributed by atoms with Gasteiger partial charge in [-0.25, -0.2) is 14.6 Å². The van der Waals surface area contributed by atoms with Gasteiger partial charge in [-0.15, -0.1) is 0 Å². The van der Waals surface area contributed by atoms with Crippen LogP contribution >= 0.6 is 0 Å². The molecule has 1 aromatic heterocycles. The molecule has 1 aliphatic heterocycles. The molecule has 8 heteroatoms. The van der Waals surface area contributed by atoms with Gasteiger partial charge in [0.05, 0.1) is 31.8 Å². The summed E-state index contributed by atoms with van der Waals surface area (Å²) in [5, 5.41) is 0. The van der Waals surface area contributed by atoms with Gasteiger partial charge >= 0.3 is 11.9 Å². The zero-order valence-corrected chi connectivity index (χ0v) is 20.1. The summed E-state index contributed by atoms with van der Waals surface area (Å²) in [6.07, 6.45) is 13.6. The third-order valence-corrected chi connectivity index (χ3v) is 5.58. The summed E-state index contributed by atoms with van der Waals surface area (Å²) >= 11 is 0. The number of ether oxygens (including phenoxy) is 2. The van der Waals surface area contributed by atoms with Crippen LogP contribution in [0.3, 0.4) is 0 Å². The van der Waals surface area contributed by atoms with Crippen molar-refractivity contribution in [2.45, 2.75) is 72.3 Å². The van der Waals surface area contributed by atoms with E-state index >= 15 is 0 Å². The molecule has 180 valence electrons. The van der Waals surface area contributed by atoms with Crippen molar-refractivity contribution in [3.8, 4) is 0 Å². The van der Waals surface area contributed by atoms with Crippen LogP contribution in [0.15, 0.2) is 30.0 Å². The highest BCUT2D eigenvalue weighted by atomic mass is 16.5. The van der Waals surface area contributed by atoms with Crippen LogP contribution in [0.2, 0.25) is 0 Å². The number of aryl methyl sites for hydroxylation is 1. The third kappa shape index (κ3) is 8.30. The van der Waals surface area contributed by atoms with Gasteiger partial charge in [-0.1, -0.05) is 39.0 Å². The van der Waals surface area contributed by atoms with Crippen LogP contribution in [0, 0.1) is 0 Å². The Labute approximate surface area is 192 Å². The summed E-state index contributed by atoms with van der Waals surface area (Å²) in [4.78, 5) is 33.9. The average Bonchev–Trinajstić information content (AvgIpc) is 3.29. The summed E-state index contributed by atoms with van der Waals surface area (Å²) in [7, 11) is 0. The lowest BCUT2D eigenvalue weighted by atomic mass is 10.1. The van der Waals surface area contributed by atoms with Crippen molar-refractivity contribution in [1.29, 1.82) is 0 Å². The molecule has 0 saturated heterocycles. The van der Waals surface area contributed by atoms with Crippen LogP contribution in [-0.4, -0.2) is 70.8 Å². The molecular weight excluding hydrogens is 408 g/mol. The summed E-state index contributed by atoms with van der Waals surface area (Å²) in [6, 6.07) is 0. The smallest absolute Gasteiger partial charge is 0.355 e. The second kappa shape index (κ2) is 14.7. The van der Waals surface area contributed by atoms with E-state index in [4.69, 9.17) is 9.47 Å². The van der Waals surface area contributed by atoms with E-state index in [2.05, 4.69) is 16.8 Å². The number of nitrogens with zero attached hydrogens (tertiary/aromatic N) is 4. The lowest BCUT2D eigenvalue weighted by Crippen LogP contribution is -2.48. The Morgan fingerprint density at radius 2 is 1.62 bits per heavy atom. The molecule has 0 spiro atoms. The first-order chi connectivity index (χ1) is 15.6. The molecule has 0 unspecified atom stereocenters. The quantitative estimate of drug-likeness (QED) is 0.300. The van der Waals surface area contributed by atoms with Crippen LogP contribution < -0.4 is 0 Å². The summed E-state index contributed by atoms with van der Waals surface area (Å²) in [5.41, 5.74) is 0.764. The molecule has 32 heavy (non-hydrogen) atoms. The van der Waals surface area contributed by atoms with Crippen molar-refractivity contribution in [1.82, 2.24) is 19.4 Å². The van der Waals surface area contributed by atoms with Crippen LogP contribution in [0.1, 0.15) is 65.7 Å². The van der Waals surface area contributed by atoms with E-state index in [0.29, 0.717) is 31.0 Å². The third-order valence-electron chi connectivity index (χ3n) is 5.58. The molecule has 1 aromatic rings. The predicted molar refractivity (Wildman–Crippen MR) is 124 cm³/mol. The molecule has 0 amide bonds. The first kappa shape index (κ1) is 25.9. The number of carbonyl (C=O) groups is 2. The normalized spacial score (nSPS) is 14.7. The number of imidazole rings is 1. The summed E-state index contributed by atoms with van der Waals surface area (Å²) in [5.74, 6) is -0.875. The minimum Gasteiger partial charge on any atom is -0.463 e. The van der Waals surface area contributed by atoms with E-state index < -0.39 is 11.9 Å². The van der Waals surface area contributed by atoms with Crippen molar-refractivity contribution >= 4 is 11.9 Å². The zero-order valence-electron chi connectivity index (χ0n) is 20.1. The number of unbranched alkanes of at least 4 members (excludes halogenated alkanes) is 5. The molecular formula is C24H40N4O4. The summed E-state index contributed by atoms with van der Waals surface area (Å²) < 4.78 is 12.6. The van der Waals surface area contributed by atoms with Gasteiger partial charge in [-0.3, -0.25) is 4.90 Å². The molecule has 8 nitrogen and oxygen atoms in total. The number of rotatable bonds is 15. The number of carbonyl (C=O) groups excluding carboxylic acids is 2. The number of hydrogen-bond donors (Lipinski definition) is 0. The van der Waals surface area contributed by atoms with Gasteiger partial charge in [-0.2, -0.15) is 0 Å². The molecule has 0 bridgehead atoms. The standard InChI is InChI=1S/C24H40N4O4/c1-4-7-8-9-10-11-14-27-18-21(23(29)31-5-2)22(24(30)32-6-3)28(20-27)16-12-15-26-17-13-25-19-26/h13,17,19H,4-12,14-16,18,20H2,1-3H3. The van der Waals surface area contributed by atoms with Crippen LogP contribution in [0.25, 0.3) is 0 Å². The minimum atomic E-state index is -0.447. The largest absolute Gasteiger partial charge is 0.463 e. The van der Waals surface area contributed by atoms with Gasteiger partial charge in [0.15, 0.2) is 0 Å². The Morgan fingerprint density at radius 1 is 0.906 bits per heavy atom. The van der Waals surface area contributed by atoms with Crippen molar-refractivity contribution in [3.63, 3.8) is 0 Å². The maximum Gasteiger partial charge on any atom is 0.355 e. The van der Waals surface area contributed by atoms with E-state index in [1.807, 2.05) is 15.7 Å². The highest BCUT2D eigenvalue weighted by Crippen LogP contribution is 2.23. The van der Waals surface area contributed by atoms with Crippen LogP contribution in [-0.2, 0) is 25.6 Å². The fourth-order valence-electron chi connectivity index (χ4n) is 3.99. The fraction of sp³-hybridized carbons (Fsp3) is 0.708. The molecule has 2 rings (SSSR count). The van der Waals surface area contributed by atoms with Crippen LogP contribution in [0.5, 0.6) is 0 Å². The number of esters is 2. The van der Waals surface area contributed by atoms with Gasteiger partial charge in [-0.05, 0) is 26.7 Å². The summed E-state index contributed by atoms with van der Waals surface area (Å²) in [6.45, 7) is 9.67. The predicted octanol–water partition coefficient (Wildman–Crippen LogP) is 3.59. The van der Waals surface area contributed by atoms with Crippen molar-refractivity contribution in [2.24, 2.45) is 0 Å². The molecule has 0 saturated carbocycles. The Balaban J connectivity index is 2.11. The monoisotopic (exact) mass is 448 g/mol. The maximum atomic E-state index is 12.8. The number of hydrogen-bond acceptors (Lipinski definition) is 7. The lowest BCUT2D eigenvalue weighted by Gasteiger charge is -2.38. The van der Waals surface area contributed by atoms with E-state index in [0.717, 1.165) is 25.9 Å². The van der Waals surface area contributed by atoms with E-state index in [1.54, 1.807) is 26.4 Å². The maximum absolute atomic E-state index is 12.8. The van der Waals surface area contributed by atoms with Crippen molar-refractivity contribution < 1.29 is 19.1 Å². The molecule has 0 fully saturated rings. The first-order valence-electron chi connectivity index (χ1n) is 12.1. The van der Waals surface area contributed by atoms with Gasteiger partial charge in [0, 0.05) is 38.6 Å². The SMILES string of the molecule is CCCCCCCCN1CC(C(=O)OCC)=C(C(=O)OCC)N(CCCn2ccnc2)C1. The van der Waals surface area contributed by atoms with Gasteiger partial charge < -0.3 is 18.9 Å². The second-order valence-electron chi connectivity index (χ2n) is 8.15. The Morgan fingerprint density at radius 3 is 2.31 bits per heavy atom. The second-order valence-corrected chi connectivity index (χ2v) is 8.15. The molecule has 0 radical (unpaired) electrons. The van der Waals surface area contributed by atoms with Gasteiger partial charge in [0.25, 0.3) is 0 Å². The zero-order chi connectivity index (χ0) is 23.2. The highest BCUT2D eigenvalue weighted by Gasteiger charge is 2.34. The van der Waals surface area contributed by atoms with E-state index in [9.17, 15) is 9.59 Å². The average molecular weight is 449 g/mol. The Bertz CT molecular complexity index is 718. The highest BCUT2D eigenvalue weighted by molar-refractivity contribution is 6.00. The topological polar surface area (TPSA) is 76.9 Å². The molecule has 0 aliphatic carbocycles. The molecule has 1 aliphatic rings. The van der Waals surface area contributed by atoms with Crippen molar-refractivity contribution in [3.05, 3.63) is 30.0 Å². The first-order valence-corrected chi connectivity index (χ1v) is 12.1. The fourth-order valence-corrected chi connectivity index (χ4v) is 3.99. The molecule has 0 aromatic carbocycles. The molecule has 0 N–H and O–H groups in total. The van der Waals surface area contributed by atoms with Gasteiger partial charge in [0.2, 0.25) is 0 Å². The van der Waals surface area contributed by atoms with Crippen LogP contribution in [0.4, 0.5) is 0 Å². The van der Waals surface area contributed by atoms with Crippen molar-refractivity contribution in [2.75, 3.05) is 39.5 Å². The Hall–Kier alpha value is -2.35. The molecule has 0 atom stereocenters. The van der Waals surface area contributed by atoms with E-state index in [1.165, 1.54) is 32.1 Å². The minimum absolute atomic E-state index is 0.267.